The van der Waals surface area contributed by atoms with Crippen molar-refractivity contribution < 1.29 is 4.74 Å². The molecule has 0 unspecified atom stereocenters. The SMILES string of the molecule is C[C@H]1C[C@@H](CN)CCO1. The van der Waals surface area contributed by atoms with E-state index in [1.54, 1.807) is 0 Å². The van der Waals surface area contributed by atoms with Crippen LogP contribution in [0.25, 0.3) is 0 Å². The van der Waals surface area contributed by atoms with E-state index in [4.69, 9.17) is 10.5 Å². The standard InChI is InChI=1S/C7H15NO/c1-6-4-7(5-8)2-3-9-6/h6-7H,2-5,8H2,1H3/t6-,7-/m0/s1. The highest BCUT2D eigenvalue weighted by atomic mass is 16.5. The van der Waals surface area contributed by atoms with Crippen molar-refractivity contribution in [2.24, 2.45) is 11.7 Å². The molecule has 2 atom stereocenters. The first-order chi connectivity index (χ1) is 4.33. The summed E-state index contributed by atoms with van der Waals surface area (Å²) < 4.78 is 5.35. The van der Waals surface area contributed by atoms with Gasteiger partial charge in [-0.25, -0.2) is 0 Å². The lowest BCUT2D eigenvalue weighted by atomic mass is 9.97. The molecule has 0 aromatic rings. The Bertz CT molecular complexity index is 85.0. The Hall–Kier alpha value is -0.0800. The maximum Gasteiger partial charge on any atom is 0.0550 e. The molecule has 0 aliphatic carbocycles. The van der Waals surface area contributed by atoms with Crippen LogP contribution in [0.4, 0.5) is 0 Å². The average molecular weight is 129 g/mol. The number of rotatable bonds is 1. The van der Waals surface area contributed by atoms with Crippen LogP contribution in [0.2, 0.25) is 0 Å². The van der Waals surface area contributed by atoms with Gasteiger partial charge >= 0.3 is 0 Å². The second-order valence-electron chi connectivity index (χ2n) is 2.81. The highest BCUT2D eigenvalue weighted by Crippen LogP contribution is 2.17. The molecular weight excluding hydrogens is 114 g/mol. The molecule has 0 bridgehead atoms. The van der Waals surface area contributed by atoms with Crippen molar-refractivity contribution in [3.05, 3.63) is 0 Å². The Morgan fingerprint density at radius 3 is 2.89 bits per heavy atom. The topological polar surface area (TPSA) is 35.2 Å². The van der Waals surface area contributed by atoms with Crippen molar-refractivity contribution >= 4 is 0 Å². The van der Waals surface area contributed by atoms with Crippen molar-refractivity contribution in [2.75, 3.05) is 13.2 Å². The molecule has 0 spiro atoms. The summed E-state index contributed by atoms with van der Waals surface area (Å²) in [6, 6.07) is 0. The van der Waals surface area contributed by atoms with Gasteiger partial charge in [0.25, 0.3) is 0 Å². The molecule has 1 fully saturated rings. The first-order valence-electron chi connectivity index (χ1n) is 3.64. The summed E-state index contributed by atoms with van der Waals surface area (Å²) in [5, 5.41) is 0. The van der Waals surface area contributed by atoms with Gasteiger partial charge in [0.05, 0.1) is 6.10 Å². The lowest BCUT2D eigenvalue weighted by molar-refractivity contribution is 0.00471. The van der Waals surface area contributed by atoms with Gasteiger partial charge in [-0.3, -0.25) is 0 Å². The van der Waals surface area contributed by atoms with Crippen LogP contribution in [0.3, 0.4) is 0 Å². The van der Waals surface area contributed by atoms with Gasteiger partial charge in [0.1, 0.15) is 0 Å². The summed E-state index contributed by atoms with van der Waals surface area (Å²) >= 11 is 0. The van der Waals surface area contributed by atoms with Crippen molar-refractivity contribution in [3.8, 4) is 0 Å². The molecular formula is C7H15NO. The molecule has 1 rings (SSSR count). The predicted octanol–water partition coefficient (Wildman–Crippen LogP) is 0.760. The molecule has 2 heteroatoms. The molecule has 1 heterocycles. The first-order valence-corrected chi connectivity index (χ1v) is 3.64. The third-order valence-corrected chi connectivity index (χ3v) is 1.93. The molecule has 0 aromatic carbocycles. The minimum absolute atomic E-state index is 0.437. The molecule has 1 aliphatic heterocycles. The molecule has 0 saturated carbocycles. The van der Waals surface area contributed by atoms with Gasteiger partial charge in [0.15, 0.2) is 0 Å². The fourth-order valence-electron chi connectivity index (χ4n) is 1.31. The second-order valence-corrected chi connectivity index (χ2v) is 2.81. The first kappa shape index (κ1) is 7.03. The normalized spacial score (nSPS) is 36.7. The zero-order valence-corrected chi connectivity index (χ0v) is 5.97. The molecule has 1 aliphatic rings. The van der Waals surface area contributed by atoms with E-state index in [2.05, 4.69) is 6.92 Å². The zero-order chi connectivity index (χ0) is 6.69. The highest BCUT2D eigenvalue weighted by molar-refractivity contribution is 4.68. The van der Waals surface area contributed by atoms with E-state index in [0.29, 0.717) is 12.0 Å². The number of hydrogen-bond donors (Lipinski definition) is 1. The minimum Gasteiger partial charge on any atom is -0.378 e. The van der Waals surface area contributed by atoms with Gasteiger partial charge in [-0.1, -0.05) is 0 Å². The number of nitrogens with two attached hydrogens (primary N) is 1. The summed E-state index contributed by atoms with van der Waals surface area (Å²) in [4.78, 5) is 0. The van der Waals surface area contributed by atoms with E-state index in [-0.39, 0.29) is 0 Å². The lowest BCUT2D eigenvalue weighted by Gasteiger charge is -2.25. The van der Waals surface area contributed by atoms with Crippen molar-refractivity contribution in [1.82, 2.24) is 0 Å². The summed E-state index contributed by atoms with van der Waals surface area (Å²) in [7, 11) is 0. The molecule has 1 saturated heterocycles. The van der Waals surface area contributed by atoms with Gasteiger partial charge in [-0.05, 0) is 32.2 Å². The molecule has 54 valence electrons. The van der Waals surface area contributed by atoms with Crippen LogP contribution in [-0.2, 0) is 4.74 Å². The molecule has 0 aromatic heterocycles. The summed E-state index contributed by atoms with van der Waals surface area (Å²) in [5.41, 5.74) is 5.51. The van der Waals surface area contributed by atoms with Crippen molar-refractivity contribution in [3.63, 3.8) is 0 Å². The van der Waals surface area contributed by atoms with Crippen LogP contribution >= 0.6 is 0 Å². The van der Waals surface area contributed by atoms with Crippen LogP contribution in [0.5, 0.6) is 0 Å². The van der Waals surface area contributed by atoms with Crippen LogP contribution in [-0.4, -0.2) is 19.3 Å². The summed E-state index contributed by atoms with van der Waals surface area (Å²) in [5.74, 6) is 0.716. The fraction of sp³-hybridized carbons (Fsp3) is 1.00. The monoisotopic (exact) mass is 129 g/mol. The van der Waals surface area contributed by atoms with E-state index in [1.807, 2.05) is 0 Å². The lowest BCUT2D eigenvalue weighted by Crippen LogP contribution is -2.27. The molecule has 2 N–H and O–H groups in total. The van der Waals surface area contributed by atoms with Crippen molar-refractivity contribution in [2.45, 2.75) is 25.9 Å². The van der Waals surface area contributed by atoms with Crippen LogP contribution in [0.15, 0.2) is 0 Å². The maximum absolute atomic E-state index is 5.51. The third kappa shape index (κ3) is 1.95. The molecule has 2 nitrogen and oxygen atoms in total. The largest absolute Gasteiger partial charge is 0.378 e. The van der Waals surface area contributed by atoms with Crippen LogP contribution < -0.4 is 5.73 Å². The maximum atomic E-state index is 5.51. The second kappa shape index (κ2) is 3.18. The van der Waals surface area contributed by atoms with Gasteiger partial charge in [-0.15, -0.1) is 0 Å². The van der Waals surface area contributed by atoms with Crippen LogP contribution in [0, 0.1) is 5.92 Å². The minimum atomic E-state index is 0.437. The Balaban J connectivity index is 2.23. The Morgan fingerprint density at radius 2 is 2.44 bits per heavy atom. The summed E-state index contributed by atoms with van der Waals surface area (Å²) in [6.07, 6.45) is 2.74. The fourth-order valence-corrected chi connectivity index (χ4v) is 1.31. The van der Waals surface area contributed by atoms with Crippen LogP contribution in [0.1, 0.15) is 19.8 Å². The Kier molecular flexibility index (Phi) is 2.49. The Labute approximate surface area is 56.4 Å². The number of ether oxygens (including phenoxy) is 1. The smallest absolute Gasteiger partial charge is 0.0550 e. The molecule has 0 amide bonds. The van der Waals surface area contributed by atoms with E-state index in [1.165, 1.54) is 0 Å². The molecule has 0 radical (unpaired) electrons. The van der Waals surface area contributed by atoms with E-state index in [9.17, 15) is 0 Å². The predicted molar refractivity (Wildman–Crippen MR) is 37.2 cm³/mol. The van der Waals surface area contributed by atoms with E-state index < -0.39 is 0 Å². The zero-order valence-electron chi connectivity index (χ0n) is 5.97. The Morgan fingerprint density at radius 1 is 1.67 bits per heavy atom. The quantitative estimate of drug-likeness (QED) is 0.567. The summed E-state index contributed by atoms with van der Waals surface area (Å²) in [6.45, 7) is 3.85. The third-order valence-electron chi connectivity index (χ3n) is 1.93. The van der Waals surface area contributed by atoms with E-state index >= 15 is 0 Å². The van der Waals surface area contributed by atoms with Gasteiger partial charge in [-0.2, -0.15) is 0 Å². The van der Waals surface area contributed by atoms with Gasteiger partial charge in [0.2, 0.25) is 0 Å². The average Bonchev–Trinajstić information content (AvgIpc) is 1.88. The molecule has 9 heavy (non-hydrogen) atoms. The van der Waals surface area contributed by atoms with Gasteiger partial charge < -0.3 is 10.5 Å². The van der Waals surface area contributed by atoms with Crippen molar-refractivity contribution in [1.29, 1.82) is 0 Å². The number of hydrogen-bond acceptors (Lipinski definition) is 2. The van der Waals surface area contributed by atoms with Gasteiger partial charge in [0, 0.05) is 6.61 Å². The van der Waals surface area contributed by atoms with E-state index in [0.717, 1.165) is 26.0 Å². The highest BCUT2D eigenvalue weighted by Gasteiger charge is 2.16.